The minimum atomic E-state index is -1.24. The molecule has 0 spiro atoms. The summed E-state index contributed by atoms with van der Waals surface area (Å²) in [6.45, 7) is 6.94. The molecular weight excluding hydrogens is 298 g/mol. The normalized spacial score (nSPS) is 13.7. The van der Waals surface area contributed by atoms with Crippen LogP contribution in [-0.2, 0) is 15.1 Å². The zero-order chi connectivity index (χ0) is 17.8. The van der Waals surface area contributed by atoms with E-state index < -0.39 is 17.2 Å². The van der Waals surface area contributed by atoms with Crippen LogP contribution in [0.25, 0.3) is 0 Å². The molecule has 128 valence electrons. The molecule has 0 fully saturated rings. The summed E-state index contributed by atoms with van der Waals surface area (Å²) >= 11 is 0. The maximum atomic E-state index is 12.3. The van der Waals surface area contributed by atoms with Crippen LogP contribution in [0.15, 0.2) is 18.2 Å². The maximum absolute atomic E-state index is 12.3. The van der Waals surface area contributed by atoms with Crippen LogP contribution in [0, 0.1) is 0 Å². The van der Waals surface area contributed by atoms with E-state index in [1.807, 2.05) is 0 Å². The van der Waals surface area contributed by atoms with Gasteiger partial charge in [0, 0.05) is 18.7 Å². The topological polar surface area (TPSA) is 65.1 Å². The van der Waals surface area contributed by atoms with Crippen molar-refractivity contribution in [3.05, 3.63) is 23.8 Å². The van der Waals surface area contributed by atoms with Gasteiger partial charge in [-0.2, -0.15) is 0 Å². The van der Waals surface area contributed by atoms with E-state index in [9.17, 15) is 9.59 Å². The summed E-state index contributed by atoms with van der Waals surface area (Å²) in [6, 6.07) is 5.08. The fourth-order valence-electron chi connectivity index (χ4n) is 2.06. The summed E-state index contributed by atoms with van der Waals surface area (Å²) in [5.74, 6) is 1.05. The number of likely N-dealkylation sites (N-methyl/N-ethyl adjacent to an activating group) is 1. The Balaban J connectivity index is 3.28. The number of aldehydes is 1. The zero-order valence-corrected chi connectivity index (χ0v) is 14.8. The van der Waals surface area contributed by atoms with Gasteiger partial charge in [0.25, 0.3) is 0 Å². The summed E-state index contributed by atoms with van der Waals surface area (Å²) < 4.78 is 15.9. The second-order valence-electron chi connectivity index (χ2n) is 6.37. The number of carbonyl (C=O) groups is 2. The molecule has 0 saturated heterocycles. The van der Waals surface area contributed by atoms with Crippen LogP contribution in [0.3, 0.4) is 0 Å². The SMILES string of the molecule is COc1ccc(C(C)(C=O)N(C)C(=O)OC(C)(C)C)c(OC)c1. The molecule has 0 bridgehead atoms. The first-order valence-electron chi connectivity index (χ1n) is 7.24. The Hall–Kier alpha value is -2.24. The van der Waals surface area contributed by atoms with Gasteiger partial charge >= 0.3 is 6.09 Å². The number of carbonyl (C=O) groups excluding carboxylic acids is 2. The molecule has 6 nitrogen and oxygen atoms in total. The van der Waals surface area contributed by atoms with Gasteiger partial charge in [-0.1, -0.05) is 0 Å². The molecule has 0 heterocycles. The number of methoxy groups -OCH3 is 2. The van der Waals surface area contributed by atoms with Crippen LogP contribution < -0.4 is 9.47 Å². The van der Waals surface area contributed by atoms with Gasteiger partial charge in [0.05, 0.1) is 14.2 Å². The van der Waals surface area contributed by atoms with Crippen LogP contribution >= 0.6 is 0 Å². The van der Waals surface area contributed by atoms with Crippen molar-refractivity contribution < 1.29 is 23.8 Å². The van der Waals surface area contributed by atoms with E-state index in [4.69, 9.17) is 14.2 Å². The summed E-state index contributed by atoms with van der Waals surface area (Å²) in [5, 5.41) is 0. The summed E-state index contributed by atoms with van der Waals surface area (Å²) in [7, 11) is 4.56. The van der Waals surface area contributed by atoms with Gasteiger partial charge in [-0.15, -0.1) is 0 Å². The van der Waals surface area contributed by atoms with Crippen molar-refractivity contribution in [1.29, 1.82) is 0 Å². The summed E-state index contributed by atoms with van der Waals surface area (Å²) in [6.07, 6.45) is 0.103. The molecule has 0 radical (unpaired) electrons. The molecule has 1 rings (SSSR count). The highest BCUT2D eigenvalue weighted by Gasteiger charge is 2.39. The minimum absolute atomic E-state index is 0.453. The molecule has 6 heteroatoms. The fraction of sp³-hybridized carbons (Fsp3) is 0.529. The van der Waals surface area contributed by atoms with E-state index >= 15 is 0 Å². The molecular formula is C17H25NO5. The molecule has 0 N–H and O–H groups in total. The molecule has 1 aromatic rings. The zero-order valence-electron chi connectivity index (χ0n) is 14.8. The highest BCUT2D eigenvalue weighted by molar-refractivity contribution is 5.79. The number of nitrogens with zero attached hydrogens (tertiary/aromatic N) is 1. The van der Waals surface area contributed by atoms with Crippen LogP contribution in [-0.4, -0.2) is 44.1 Å². The van der Waals surface area contributed by atoms with Gasteiger partial charge in [-0.05, 0) is 39.8 Å². The minimum Gasteiger partial charge on any atom is -0.497 e. The third-order valence-corrected chi connectivity index (χ3v) is 3.55. The third kappa shape index (κ3) is 4.15. The monoisotopic (exact) mass is 323 g/mol. The number of benzene rings is 1. The summed E-state index contributed by atoms with van der Waals surface area (Å²) in [5.41, 5.74) is -1.34. The number of hydrogen-bond acceptors (Lipinski definition) is 5. The Bertz CT molecular complexity index is 579. The average Bonchev–Trinajstić information content (AvgIpc) is 2.50. The van der Waals surface area contributed by atoms with Crippen LogP contribution in [0.1, 0.15) is 33.3 Å². The Kier molecular flexibility index (Phi) is 5.64. The molecule has 0 aromatic heterocycles. The van der Waals surface area contributed by atoms with Gasteiger partial charge in [-0.3, -0.25) is 4.90 Å². The second-order valence-corrected chi connectivity index (χ2v) is 6.37. The van der Waals surface area contributed by atoms with Gasteiger partial charge in [0.15, 0.2) is 0 Å². The van der Waals surface area contributed by atoms with Gasteiger partial charge in [0.2, 0.25) is 0 Å². The van der Waals surface area contributed by atoms with Gasteiger partial charge in [-0.25, -0.2) is 4.79 Å². The lowest BCUT2D eigenvalue weighted by atomic mass is 9.91. The lowest BCUT2D eigenvalue weighted by Crippen LogP contribution is -2.48. The van der Waals surface area contributed by atoms with Gasteiger partial charge < -0.3 is 19.0 Å². The summed E-state index contributed by atoms with van der Waals surface area (Å²) in [4.78, 5) is 25.4. The first-order chi connectivity index (χ1) is 10.6. The predicted molar refractivity (Wildman–Crippen MR) is 87.0 cm³/mol. The molecule has 23 heavy (non-hydrogen) atoms. The molecule has 0 aliphatic rings. The first-order valence-corrected chi connectivity index (χ1v) is 7.24. The number of amides is 1. The van der Waals surface area contributed by atoms with Crippen LogP contribution in [0.2, 0.25) is 0 Å². The standard InChI is InChI=1S/C17H25NO5/c1-16(2,3)23-15(20)18(5)17(4,11-19)13-9-8-12(21-6)10-14(13)22-7/h8-11H,1-7H3. The molecule has 0 aliphatic heterocycles. The van der Waals surface area contributed by atoms with Crippen molar-refractivity contribution in [3.8, 4) is 11.5 Å². The Morgan fingerprint density at radius 1 is 1.13 bits per heavy atom. The molecule has 0 saturated carbocycles. The largest absolute Gasteiger partial charge is 0.497 e. The highest BCUT2D eigenvalue weighted by atomic mass is 16.6. The van der Waals surface area contributed by atoms with Crippen LogP contribution in [0.4, 0.5) is 4.79 Å². The van der Waals surface area contributed by atoms with E-state index in [2.05, 4.69) is 0 Å². The Labute approximate surface area is 137 Å². The molecule has 1 unspecified atom stereocenters. The lowest BCUT2D eigenvalue weighted by Gasteiger charge is -2.36. The fourth-order valence-corrected chi connectivity index (χ4v) is 2.06. The van der Waals surface area contributed by atoms with Crippen molar-refractivity contribution in [1.82, 2.24) is 4.90 Å². The number of rotatable bonds is 5. The van der Waals surface area contributed by atoms with Crippen molar-refractivity contribution in [2.24, 2.45) is 0 Å². The van der Waals surface area contributed by atoms with Crippen molar-refractivity contribution in [3.63, 3.8) is 0 Å². The van der Waals surface area contributed by atoms with E-state index in [1.54, 1.807) is 53.0 Å². The van der Waals surface area contributed by atoms with E-state index in [-0.39, 0.29) is 0 Å². The lowest BCUT2D eigenvalue weighted by molar-refractivity contribution is -0.117. The predicted octanol–water partition coefficient (Wildman–Crippen LogP) is 2.98. The smallest absolute Gasteiger partial charge is 0.411 e. The molecule has 1 atom stereocenters. The van der Waals surface area contributed by atoms with E-state index in [0.29, 0.717) is 23.3 Å². The second kappa shape index (κ2) is 6.89. The molecule has 1 amide bonds. The Morgan fingerprint density at radius 2 is 1.74 bits per heavy atom. The van der Waals surface area contributed by atoms with Crippen LogP contribution in [0.5, 0.6) is 11.5 Å². The van der Waals surface area contributed by atoms with Crippen molar-refractivity contribution in [2.75, 3.05) is 21.3 Å². The van der Waals surface area contributed by atoms with E-state index in [1.165, 1.54) is 19.1 Å². The highest BCUT2D eigenvalue weighted by Crippen LogP contribution is 2.36. The first kappa shape index (κ1) is 18.8. The molecule has 1 aromatic carbocycles. The van der Waals surface area contributed by atoms with E-state index in [0.717, 1.165) is 0 Å². The third-order valence-electron chi connectivity index (χ3n) is 3.55. The number of ether oxygens (including phenoxy) is 3. The number of hydrogen-bond donors (Lipinski definition) is 0. The maximum Gasteiger partial charge on any atom is 0.411 e. The van der Waals surface area contributed by atoms with Gasteiger partial charge in [0.1, 0.15) is 28.9 Å². The van der Waals surface area contributed by atoms with Crippen molar-refractivity contribution >= 4 is 12.4 Å². The molecule has 0 aliphatic carbocycles. The Morgan fingerprint density at radius 3 is 2.17 bits per heavy atom. The van der Waals surface area contributed by atoms with Crippen molar-refractivity contribution in [2.45, 2.75) is 38.8 Å². The quantitative estimate of drug-likeness (QED) is 0.779. The average molecular weight is 323 g/mol.